The molecule has 0 aliphatic carbocycles. The minimum Gasteiger partial charge on any atom is -0.454 e. The Bertz CT molecular complexity index is 820. The van der Waals surface area contributed by atoms with Crippen molar-refractivity contribution >= 4 is 17.6 Å². The number of urea groups is 1. The Labute approximate surface area is 158 Å². The lowest BCUT2D eigenvalue weighted by Gasteiger charge is -2.16. The molecular weight excluding hydrogens is 346 g/mol. The summed E-state index contributed by atoms with van der Waals surface area (Å²) in [6.07, 6.45) is 0.434. The molecule has 1 atom stereocenters. The molecule has 142 valence electrons. The fourth-order valence-corrected chi connectivity index (χ4v) is 2.67. The molecule has 0 radical (unpaired) electrons. The third-order valence-electron chi connectivity index (χ3n) is 4.25. The Balaban J connectivity index is 1.49. The predicted octanol–water partition coefficient (Wildman–Crippen LogP) is 3.32. The van der Waals surface area contributed by atoms with E-state index in [1.54, 1.807) is 6.92 Å². The van der Waals surface area contributed by atoms with Crippen LogP contribution in [-0.2, 0) is 11.3 Å². The average Bonchev–Trinajstić information content (AvgIpc) is 3.14. The van der Waals surface area contributed by atoms with Gasteiger partial charge in [0.25, 0.3) is 0 Å². The van der Waals surface area contributed by atoms with Gasteiger partial charge in [0.2, 0.25) is 12.7 Å². The van der Waals surface area contributed by atoms with Crippen LogP contribution in [0.15, 0.2) is 42.5 Å². The lowest BCUT2D eigenvalue weighted by molar-refractivity contribution is -0.115. The third kappa shape index (κ3) is 4.91. The molecule has 0 bridgehead atoms. The quantitative estimate of drug-likeness (QED) is 0.729. The zero-order chi connectivity index (χ0) is 19.2. The first kappa shape index (κ1) is 18.6. The monoisotopic (exact) mass is 369 g/mol. The number of hydrogen-bond donors (Lipinski definition) is 3. The van der Waals surface area contributed by atoms with Gasteiger partial charge < -0.3 is 25.4 Å². The van der Waals surface area contributed by atoms with Gasteiger partial charge >= 0.3 is 6.03 Å². The average molecular weight is 369 g/mol. The van der Waals surface area contributed by atoms with Gasteiger partial charge in [-0.3, -0.25) is 4.79 Å². The van der Waals surface area contributed by atoms with Gasteiger partial charge in [0, 0.05) is 18.7 Å². The zero-order valence-electron chi connectivity index (χ0n) is 15.4. The smallest absolute Gasteiger partial charge is 0.315 e. The molecule has 3 amide bonds. The van der Waals surface area contributed by atoms with Gasteiger partial charge in [-0.2, -0.15) is 0 Å². The summed E-state index contributed by atoms with van der Waals surface area (Å²) < 4.78 is 10.6. The second-order valence-electron chi connectivity index (χ2n) is 6.26. The number of nitrogens with one attached hydrogen (secondary N) is 3. The summed E-state index contributed by atoms with van der Waals surface area (Å²) in [5, 5.41) is 8.53. The van der Waals surface area contributed by atoms with Crippen molar-refractivity contribution in [1.82, 2.24) is 10.6 Å². The first-order valence-corrected chi connectivity index (χ1v) is 8.88. The molecule has 0 aromatic heterocycles. The maximum Gasteiger partial charge on any atom is 0.315 e. The van der Waals surface area contributed by atoms with E-state index >= 15 is 0 Å². The Morgan fingerprint density at radius 1 is 1.07 bits per heavy atom. The highest BCUT2D eigenvalue weighted by Crippen LogP contribution is 2.32. The van der Waals surface area contributed by atoms with Crippen LogP contribution in [0.2, 0.25) is 0 Å². The molecule has 1 aliphatic rings. The Morgan fingerprint density at radius 2 is 1.81 bits per heavy atom. The molecule has 1 heterocycles. The van der Waals surface area contributed by atoms with Crippen molar-refractivity contribution in [2.45, 2.75) is 32.9 Å². The summed E-state index contributed by atoms with van der Waals surface area (Å²) in [5.41, 5.74) is 2.62. The van der Waals surface area contributed by atoms with Crippen molar-refractivity contribution in [2.75, 3.05) is 12.1 Å². The largest absolute Gasteiger partial charge is 0.454 e. The molecular formula is C20H23N3O4. The first-order valence-electron chi connectivity index (χ1n) is 8.88. The Hall–Kier alpha value is -3.22. The van der Waals surface area contributed by atoms with Crippen LogP contribution in [-0.4, -0.2) is 18.7 Å². The van der Waals surface area contributed by atoms with Crippen LogP contribution in [0, 0.1) is 0 Å². The maximum atomic E-state index is 12.1. The number of ether oxygens (including phenoxy) is 2. The number of anilines is 1. The van der Waals surface area contributed by atoms with Crippen molar-refractivity contribution in [3.8, 4) is 11.5 Å². The molecule has 7 nitrogen and oxygen atoms in total. The molecule has 2 aromatic carbocycles. The van der Waals surface area contributed by atoms with Crippen molar-refractivity contribution in [3.63, 3.8) is 0 Å². The van der Waals surface area contributed by atoms with Crippen molar-refractivity contribution in [1.29, 1.82) is 0 Å². The van der Waals surface area contributed by atoms with E-state index in [1.807, 2.05) is 49.4 Å². The molecule has 0 saturated heterocycles. The van der Waals surface area contributed by atoms with E-state index in [9.17, 15) is 9.59 Å². The molecule has 0 unspecified atom stereocenters. The summed E-state index contributed by atoms with van der Waals surface area (Å²) in [5.74, 6) is 1.38. The summed E-state index contributed by atoms with van der Waals surface area (Å²) in [7, 11) is 0. The van der Waals surface area contributed by atoms with Crippen LogP contribution in [0.4, 0.5) is 10.5 Å². The molecule has 7 heteroatoms. The van der Waals surface area contributed by atoms with Crippen LogP contribution >= 0.6 is 0 Å². The van der Waals surface area contributed by atoms with Crippen LogP contribution in [0.5, 0.6) is 11.5 Å². The topological polar surface area (TPSA) is 88.7 Å². The van der Waals surface area contributed by atoms with E-state index < -0.39 is 0 Å². The van der Waals surface area contributed by atoms with E-state index in [-0.39, 0.29) is 24.8 Å². The summed E-state index contributed by atoms with van der Waals surface area (Å²) >= 11 is 0. The van der Waals surface area contributed by atoms with Crippen molar-refractivity contribution in [2.24, 2.45) is 0 Å². The van der Waals surface area contributed by atoms with E-state index in [0.717, 1.165) is 22.6 Å². The lowest BCUT2D eigenvalue weighted by atomic mass is 10.1. The molecule has 0 fully saturated rings. The second kappa shape index (κ2) is 8.44. The summed E-state index contributed by atoms with van der Waals surface area (Å²) in [6, 6.07) is 12.6. The number of amides is 3. The molecule has 3 N–H and O–H groups in total. The number of fused-ring (bicyclic) bond motifs is 1. The Morgan fingerprint density at radius 3 is 2.56 bits per heavy atom. The molecule has 2 aromatic rings. The number of carbonyl (C=O) groups excluding carboxylic acids is 2. The minimum absolute atomic E-state index is 0.0307. The third-order valence-corrected chi connectivity index (χ3v) is 4.25. The molecule has 27 heavy (non-hydrogen) atoms. The highest BCUT2D eigenvalue weighted by molar-refractivity contribution is 5.90. The van der Waals surface area contributed by atoms with Crippen LogP contribution < -0.4 is 25.4 Å². The molecule has 0 spiro atoms. The fraction of sp³-hybridized carbons (Fsp3) is 0.300. The van der Waals surface area contributed by atoms with Crippen LogP contribution in [0.3, 0.4) is 0 Å². The summed E-state index contributed by atoms with van der Waals surface area (Å²) in [4.78, 5) is 23.6. The van der Waals surface area contributed by atoms with Crippen molar-refractivity contribution < 1.29 is 19.1 Å². The van der Waals surface area contributed by atoms with E-state index in [1.165, 1.54) is 0 Å². The molecule has 3 rings (SSSR count). The number of rotatable bonds is 6. The SMILES string of the molecule is CCC(=O)Nc1ccc([C@@H](C)NC(=O)NCc2ccc3c(c2)OCO3)cc1. The number of carbonyl (C=O) groups is 2. The highest BCUT2D eigenvalue weighted by Gasteiger charge is 2.14. The molecule has 0 saturated carbocycles. The molecule has 1 aliphatic heterocycles. The van der Waals surface area contributed by atoms with Gasteiger partial charge in [-0.1, -0.05) is 25.1 Å². The normalized spacial score (nSPS) is 13.0. The van der Waals surface area contributed by atoms with Gasteiger partial charge in [0.05, 0.1) is 6.04 Å². The number of benzene rings is 2. The van der Waals surface area contributed by atoms with Crippen LogP contribution in [0.1, 0.15) is 37.4 Å². The first-order chi connectivity index (χ1) is 13.0. The van der Waals surface area contributed by atoms with E-state index in [2.05, 4.69) is 16.0 Å². The second-order valence-corrected chi connectivity index (χ2v) is 6.26. The van der Waals surface area contributed by atoms with Crippen molar-refractivity contribution in [3.05, 3.63) is 53.6 Å². The van der Waals surface area contributed by atoms with Gasteiger partial charge in [-0.05, 0) is 42.3 Å². The van der Waals surface area contributed by atoms with Gasteiger partial charge in [0.1, 0.15) is 0 Å². The maximum absolute atomic E-state index is 12.1. The lowest BCUT2D eigenvalue weighted by Crippen LogP contribution is -2.36. The van der Waals surface area contributed by atoms with Crippen LogP contribution in [0.25, 0.3) is 0 Å². The predicted molar refractivity (Wildman–Crippen MR) is 102 cm³/mol. The highest BCUT2D eigenvalue weighted by atomic mass is 16.7. The van der Waals surface area contributed by atoms with E-state index in [0.29, 0.717) is 18.7 Å². The standard InChI is InChI=1S/C20H23N3O4/c1-3-19(24)23-16-7-5-15(6-8-16)13(2)22-20(25)21-11-14-4-9-17-18(10-14)27-12-26-17/h4-10,13H,3,11-12H2,1-2H3,(H,23,24)(H2,21,22,25)/t13-/m1/s1. The van der Waals surface area contributed by atoms with Gasteiger partial charge in [-0.25, -0.2) is 4.79 Å². The van der Waals surface area contributed by atoms with Gasteiger partial charge in [-0.15, -0.1) is 0 Å². The van der Waals surface area contributed by atoms with E-state index in [4.69, 9.17) is 9.47 Å². The van der Waals surface area contributed by atoms with Gasteiger partial charge in [0.15, 0.2) is 11.5 Å². The zero-order valence-corrected chi connectivity index (χ0v) is 15.4. The fourth-order valence-electron chi connectivity index (χ4n) is 2.67. The Kier molecular flexibility index (Phi) is 5.80. The summed E-state index contributed by atoms with van der Waals surface area (Å²) in [6.45, 7) is 4.32. The minimum atomic E-state index is -0.261. The number of hydrogen-bond acceptors (Lipinski definition) is 4.